The first kappa shape index (κ1) is 12.1. The maximum Gasteiger partial charge on any atom is 0.328 e. The summed E-state index contributed by atoms with van der Waals surface area (Å²) >= 11 is 9.02. The van der Waals surface area contributed by atoms with Crippen LogP contribution in [0.3, 0.4) is 0 Å². The molecule has 0 saturated heterocycles. The molecule has 5 heteroatoms. The number of benzene rings is 1. The van der Waals surface area contributed by atoms with Gasteiger partial charge in [0.2, 0.25) is 0 Å². The zero-order valence-corrected chi connectivity index (χ0v) is 9.96. The van der Waals surface area contributed by atoms with Crippen LogP contribution in [-0.2, 0) is 4.79 Å². The molecule has 0 aromatic heterocycles. The first-order chi connectivity index (χ1) is 7.09. The van der Waals surface area contributed by atoms with Gasteiger partial charge in [-0.15, -0.1) is 0 Å². The molecule has 0 saturated carbocycles. The van der Waals surface area contributed by atoms with E-state index in [4.69, 9.17) is 21.4 Å². The van der Waals surface area contributed by atoms with Gasteiger partial charge < -0.3 is 9.84 Å². The summed E-state index contributed by atoms with van der Waals surface area (Å²) in [5.41, 5.74) is 0. The maximum absolute atomic E-state index is 10.2. The van der Waals surface area contributed by atoms with Crippen molar-refractivity contribution < 1.29 is 14.6 Å². The summed E-state index contributed by atoms with van der Waals surface area (Å²) in [5, 5.41) is 8.94. The number of rotatable bonds is 4. The summed E-state index contributed by atoms with van der Waals surface area (Å²) in [6.07, 6.45) is 2.45. The molecule has 1 aromatic carbocycles. The molecule has 0 amide bonds. The third-order valence-corrected chi connectivity index (χ3v) is 2.34. The molecule has 0 spiro atoms. The van der Waals surface area contributed by atoms with Gasteiger partial charge in [-0.3, -0.25) is 0 Å². The van der Waals surface area contributed by atoms with Crippen molar-refractivity contribution in [1.29, 1.82) is 0 Å². The Morgan fingerprint density at radius 1 is 1.60 bits per heavy atom. The van der Waals surface area contributed by atoms with Crippen molar-refractivity contribution in [3.63, 3.8) is 0 Å². The van der Waals surface area contributed by atoms with Crippen molar-refractivity contribution in [2.45, 2.75) is 0 Å². The number of ether oxygens (including phenoxy) is 1. The lowest BCUT2D eigenvalue weighted by molar-refractivity contribution is -0.131. The first-order valence-electron chi connectivity index (χ1n) is 4.07. The van der Waals surface area contributed by atoms with Crippen molar-refractivity contribution >= 4 is 33.5 Å². The highest BCUT2D eigenvalue weighted by atomic mass is 79.9. The highest BCUT2D eigenvalue weighted by Crippen LogP contribution is 2.27. The third kappa shape index (κ3) is 4.36. The minimum Gasteiger partial charge on any atom is -0.488 e. The Morgan fingerprint density at radius 3 is 2.93 bits per heavy atom. The van der Waals surface area contributed by atoms with Gasteiger partial charge >= 0.3 is 5.97 Å². The molecule has 0 aliphatic rings. The summed E-state index contributed by atoms with van der Waals surface area (Å²) < 4.78 is 6.02. The Kier molecular flexibility index (Phi) is 4.65. The molecular weight excluding hydrogens is 283 g/mol. The lowest BCUT2D eigenvalue weighted by Crippen LogP contribution is -1.96. The van der Waals surface area contributed by atoms with E-state index in [0.717, 1.165) is 10.5 Å². The molecule has 0 atom stereocenters. The normalized spacial score (nSPS) is 10.5. The second-order valence-electron chi connectivity index (χ2n) is 2.63. The average molecular weight is 292 g/mol. The molecule has 1 N–H and O–H groups in total. The molecule has 0 aliphatic carbocycles. The lowest BCUT2D eigenvalue weighted by atomic mass is 10.3. The van der Waals surface area contributed by atoms with Gasteiger partial charge in [0.25, 0.3) is 0 Å². The van der Waals surface area contributed by atoms with E-state index in [1.165, 1.54) is 6.08 Å². The van der Waals surface area contributed by atoms with Crippen LogP contribution in [0, 0.1) is 0 Å². The van der Waals surface area contributed by atoms with Gasteiger partial charge in [-0.1, -0.05) is 11.6 Å². The molecule has 1 rings (SSSR count). The minimum atomic E-state index is -0.992. The van der Waals surface area contributed by atoms with Gasteiger partial charge in [0, 0.05) is 11.1 Å². The Bertz CT molecular complexity index is 390. The SMILES string of the molecule is O=C(O)C=CCOc1ccc(Cl)cc1Br. The van der Waals surface area contributed by atoms with E-state index in [2.05, 4.69) is 15.9 Å². The number of hydrogen-bond donors (Lipinski definition) is 1. The van der Waals surface area contributed by atoms with Crippen LogP contribution in [0.1, 0.15) is 0 Å². The fourth-order valence-electron chi connectivity index (χ4n) is 0.879. The van der Waals surface area contributed by atoms with E-state index in [-0.39, 0.29) is 6.61 Å². The van der Waals surface area contributed by atoms with Crippen LogP contribution in [0.25, 0.3) is 0 Å². The molecule has 15 heavy (non-hydrogen) atoms. The van der Waals surface area contributed by atoms with E-state index in [1.54, 1.807) is 18.2 Å². The van der Waals surface area contributed by atoms with E-state index >= 15 is 0 Å². The second kappa shape index (κ2) is 5.78. The van der Waals surface area contributed by atoms with Crippen molar-refractivity contribution in [2.24, 2.45) is 0 Å². The van der Waals surface area contributed by atoms with Crippen LogP contribution in [0.2, 0.25) is 5.02 Å². The molecule has 0 radical (unpaired) electrons. The molecular formula is C10H8BrClO3. The predicted molar refractivity (Wildman–Crippen MR) is 61.4 cm³/mol. The molecule has 0 fully saturated rings. The van der Waals surface area contributed by atoms with Crippen LogP contribution < -0.4 is 4.74 Å². The van der Waals surface area contributed by atoms with Crippen LogP contribution in [-0.4, -0.2) is 17.7 Å². The minimum absolute atomic E-state index is 0.201. The van der Waals surface area contributed by atoms with Gasteiger partial charge in [0.05, 0.1) is 4.47 Å². The number of carbonyl (C=O) groups is 1. The summed E-state index contributed by atoms with van der Waals surface area (Å²) in [7, 11) is 0. The highest BCUT2D eigenvalue weighted by molar-refractivity contribution is 9.10. The number of hydrogen-bond acceptors (Lipinski definition) is 2. The second-order valence-corrected chi connectivity index (χ2v) is 3.92. The molecule has 0 aliphatic heterocycles. The number of carboxylic acid groups (broad SMARTS) is 1. The van der Waals surface area contributed by atoms with Crippen molar-refractivity contribution in [1.82, 2.24) is 0 Å². The summed E-state index contributed by atoms with van der Waals surface area (Å²) in [6, 6.07) is 5.11. The van der Waals surface area contributed by atoms with Gasteiger partial charge in [-0.25, -0.2) is 4.79 Å². The molecule has 3 nitrogen and oxygen atoms in total. The summed E-state index contributed by atoms with van der Waals surface area (Å²) in [5.74, 6) is -0.372. The largest absolute Gasteiger partial charge is 0.488 e. The summed E-state index contributed by atoms with van der Waals surface area (Å²) in [6.45, 7) is 0.201. The van der Waals surface area contributed by atoms with Gasteiger partial charge in [-0.2, -0.15) is 0 Å². The Balaban J connectivity index is 2.54. The lowest BCUT2D eigenvalue weighted by Gasteiger charge is -2.05. The van der Waals surface area contributed by atoms with Crippen molar-refractivity contribution in [2.75, 3.05) is 6.61 Å². The molecule has 1 aromatic rings. The first-order valence-corrected chi connectivity index (χ1v) is 5.24. The number of aliphatic carboxylic acids is 1. The third-order valence-electron chi connectivity index (χ3n) is 1.49. The standard InChI is InChI=1S/C10H8BrClO3/c11-8-6-7(12)3-4-9(8)15-5-1-2-10(13)14/h1-4,6H,5H2,(H,13,14). The summed E-state index contributed by atoms with van der Waals surface area (Å²) in [4.78, 5) is 10.2. The number of halogens is 2. The Morgan fingerprint density at radius 2 is 2.33 bits per heavy atom. The molecule has 0 heterocycles. The van der Waals surface area contributed by atoms with E-state index in [0.29, 0.717) is 10.8 Å². The fourth-order valence-corrected chi connectivity index (χ4v) is 1.68. The average Bonchev–Trinajstić information content (AvgIpc) is 2.14. The van der Waals surface area contributed by atoms with Crippen LogP contribution in [0.5, 0.6) is 5.75 Å². The Labute approximate surface area is 100 Å². The quantitative estimate of drug-likeness (QED) is 0.867. The molecule has 80 valence electrons. The van der Waals surface area contributed by atoms with Crippen LogP contribution >= 0.6 is 27.5 Å². The van der Waals surface area contributed by atoms with E-state index in [1.807, 2.05) is 0 Å². The van der Waals surface area contributed by atoms with Crippen molar-refractivity contribution in [3.05, 3.63) is 39.8 Å². The fraction of sp³-hybridized carbons (Fsp3) is 0.100. The smallest absolute Gasteiger partial charge is 0.328 e. The number of carboxylic acids is 1. The van der Waals surface area contributed by atoms with Gasteiger partial charge in [0.15, 0.2) is 0 Å². The van der Waals surface area contributed by atoms with E-state index in [9.17, 15) is 4.79 Å². The van der Waals surface area contributed by atoms with Crippen LogP contribution in [0.4, 0.5) is 0 Å². The van der Waals surface area contributed by atoms with Gasteiger partial charge in [-0.05, 0) is 40.2 Å². The zero-order valence-electron chi connectivity index (χ0n) is 7.61. The molecule has 0 bridgehead atoms. The molecule has 0 unspecified atom stereocenters. The predicted octanol–water partition coefficient (Wildman–Crippen LogP) is 3.12. The van der Waals surface area contributed by atoms with Crippen LogP contribution in [0.15, 0.2) is 34.8 Å². The zero-order chi connectivity index (χ0) is 11.3. The highest BCUT2D eigenvalue weighted by Gasteiger charge is 2.00. The Hall–Kier alpha value is -1.000. The van der Waals surface area contributed by atoms with Crippen molar-refractivity contribution in [3.8, 4) is 5.75 Å². The van der Waals surface area contributed by atoms with Gasteiger partial charge in [0.1, 0.15) is 12.4 Å². The monoisotopic (exact) mass is 290 g/mol. The maximum atomic E-state index is 10.2. The topological polar surface area (TPSA) is 46.5 Å². The van der Waals surface area contributed by atoms with E-state index < -0.39 is 5.97 Å².